The van der Waals surface area contributed by atoms with Gasteiger partial charge in [0.05, 0.1) is 23.8 Å². The van der Waals surface area contributed by atoms with Crippen LogP contribution in [0.5, 0.6) is 0 Å². The minimum Gasteiger partial charge on any atom is -0.376 e. The maximum Gasteiger partial charge on any atom is 0.261 e. The topological polar surface area (TPSA) is 102 Å². The van der Waals surface area contributed by atoms with Crippen molar-refractivity contribution in [3.63, 3.8) is 0 Å². The van der Waals surface area contributed by atoms with Crippen LogP contribution in [0.4, 0.5) is 0 Å². The summed E-state index contributed by atoms with van der Waals surface area (Å²) >= 11 is 0. The first-order valence-corrected chi connectivity index (χ1v) is 8.72. The van der Waals surface area contributed by atoms with Gasteiger partial charge in [-0.25, -0.2) is 0 Å². The lowest BCUT2D eigenvalue weighted by molar-refractivity contribution is 0.0475. The number of carbonyl (C=O) groups is 3. The summed E-state index contributed by atoms with van der Waals surface area (Å²) in [4.78, 5) is 38.4. The van der Waals surface area contributed by atoms with E-state index in [-0.39, 0.29) is 35.9 Å². The number of nitrogens with one attached hydrogen (secondary N) is 1. The van der Waals surface area contributed by atoms with E-state index < -0.39 is 0 Å². The lowest BCUT2D eigenvalue weighted by Gasteiger charge is -2.17. The molecule has 1 unspecified atom stereocenters. The molecule has 0 aromatic heterocycles. The van der Waals surface area contributed by atoms with Crippen molar-refractivity contribution in [2.75, 3.05) is 26.2 Å². The van der Waals surface area contributed by atoms with Gasteiger partial charge in [0.2, 0.25) is 0 Å². The molecule has 7 heteroatoms. The molecular weight excluding hydrogens is 322 g/mol. The number of carbonyl (C=O) groups excluding carboxylic acids is 3. The zero-order valence-corrected chi connectivity index (χ0v) is 14.1. The summed E-state index contributed by atoms with van der Waals surface area (Å²) in [6, 6.07) is 4.64. The maximum absolute atomic E-state index is 12.6. The van der Waals surface area contributed by atoms with Crippen LogP contribution in [0.2, 0.25) is 0 Å². The third-order valence-corrected chi connectivity index (χ3v) is 4.56. The van der Waals surface area contributed by atoms with E-state index in [4.69, 9.17) is 10.5 Å². The van der Waals surface area contributed by atoms with E-state index >= 15 is 0 Å². The predicted octanol–water partition coefficient (Wildman–Crippen LogP) is 0.930. The van der Waals surface area contributed by atoms with Gasteiger partial charge in [-0.1, -0.05) is 0 Å². The summed E-state index contributed by atoms with van der Waals surface area (Å²) in [5, 5.41) is 2.80. The van der Waals surface area contributed by atoms with Crippen LogP contribution in [0, 0.1) is 0 Å². The van der Waals surface area contributed by atoms with Crippen molar-refractivity contribution >= 4 is 17.7 Å². The average Bonchev–Trinajstić information content (AvgIpc) is 3.21. The number of hydrogen-bond donors (Lipinski definition) is 2. The molecule has 7 nitrogen and oxygen atoms in total. The SMILES string of the molecule is NCCCCNC(=O)c1ccc2c(c1)C(=O)N(CC1CCCO1)C2=O. The van der Waals surface area contributed by atoms with Gasteiger partial charge in [-0.3, -0.25) is 19.3 Å². The lowest BCUT2D eigenvalue weighted by atomic mass is 10.1. The molecule has 1 aromatic rings. The number of imide groups is 1. The monoisotopic (exact) mass is 345 g/mol. The van der Waals surface area contributed by atoms with Crippen LogP contribution in [0.25, 0.3) is 0 Å². The molecule has 2 aliphatic rings. The first kappa shape index (κ1) is 17.6. The van der Waals surface area contributed by atoms with E-state index in [9.17, 15) is 14.4 Å². The van der Waals surface area contributed by atoms with Crippen molar-refractivity contribution in [2.45, 2.75) is 31.8 Å². The van der Waals surface area contributed by atoms with E-state index in [0.29, 0.717) is 30.8 Å². The van der Waals surface area contributed by atoms with Gasteiger partial charge in [-0.15, -0.1) is 0 Å². The summed E-state index contributed by atoms with van der Waals surface area (Å²) in [5.41, 5.74) is 6.44. The molecule has 0 saturated carbocycles. The third-order valence-electron chi connectivity index (χ3n) is 4.56. The summed E-state index contributed by atoms with van der Waals surface area (Å²) < 4.78 is 5.52. The summed E-state index contributed by atoms with van der Waals surface area (Å²) in [7, 11) is 0. The quantitative estimate of drug-likeness (QED) is 0.565. The Balaban J connectivity index is 1.69. The number of unbranched alkanes of at least 4 members (excludes halogenated alkanes) is 1. The van der Waals surface area contributed by atoms with Crippen LogP contribution in [0.15, 0.2) is 18.2 Å². The molecule has 25 heavy (non-hydrogen) atoms. The molecule has 3 amide bonds. The van der Waals surface area contributed by atoms with Crippen molar-refractivity contribution in [2.24, 2.45) is 5.73 Å². The van der Waals surface area contributed by atoms with Crippen LogP contribution in [-0.2, 0) is 4.74 Å². The first-order chi connectivity index (χ1) is 12.1. The number of amides is 3. The molecule has 0 bridgehead atoms. The minimum absolute atomic E-state index is 0.0903. The summed E-state index contributed by atoms with van der Waals surface area (Å²) in [6.45, 7) is 2.06. The fourth-order valence-corrected chi connectivity index (χ4v) is 3.16. The van der Waals surface area contributed by atoms with Gasteiger partial charge in [0.25, 0.3) is 17.7 Å². The Hall–Kier alpha value is -2.25. The van der Waals surface area contributed by atoms with Crippen molar-refractivity contribution in [1.82, 2.24) is 10.2 Å². The van der Waals surface area contributed by atoms with Crippen LogP contribution < -0.4 is 11.1 Å². The van der Waals surface area contributed by atoms with Gasteiger partial charge in [-0.05, 0) is 50.4 Å². The van der Waals surface area contributed by atoms with Crippen LogP contribution >= 0.6 is 0 Å². The van der Waals surface area contributed by atoms with Crippen molar-refractivity contribution in [3.8, 4) is 0 Å². The zero-order chi connectivity index (χ0) is 17.8. The molecule has 1 atom stereocenters. The van der Waals surface area contributed by atoms with Gasteiger partial charge in [0, 0.05) is 18.7 Å². The highest BCUT2D eigenvalue weighted by Crippen LogP contribution is 2.26. The second-order valence-electron chi connectivity index (χ2n) is 6.37. The molecule has 134 valence electrons. The Morgan fingerprint density at radius 3 is 2.76 bits per heavy atom. The predicted molar refractivity (Wildman–Crippen MR) is 91.4 cm³/mol. The van der Waals surface area contributed by atoms with Crippen molar-refractivity contribution in [3.05, 3.63) is 34.9 Å². The fourth-order valence-electron chi connectivity index (χ4n) is 3.16. The van der Waals surface area contributed by atoms with Crippen molar-refractivity contribution in [1.29, 1.82) is 0 Å². The number of nitrogens with two attached hydrogens (primary N) is 1. The number of rotatable bonds is 7. The van der Waals surface area contributed by atoms with E-state index in [1.807, 2.05) is 0 Å². The van der Waals surface area contributed by atoms with Crippen molar-refractivity contribution < 1.29 is 19.1 Å². The lowest BCUT2D eigenvalue weighted by Crippen LogP contribution is -2.36. The van der Waals surface area contributed by atoms with E-state index in [2.05, 4.69) is 5.32 Å². The minimum atomic E-state index is -0.353. The summed E-state index contributed by atoms with van der Waals surface area (Å²) in [6.07, 6.45) is 3.36. The standard InChI is InChI=1S/C18H23N3O4/c19-7-1-2-8-20-16(22)12-5-6-14-15(10-12)18(24)21(17(14)23)11-13-4-3-9-25-13/h5-6,10,13H,1-4,7-9,11,19H2,(H,20,22). The smallest absolute Gasteiger partial charge is 0.261 e. The average molecular weight is 345 g/mol. The van der Waals surface area contributed by atoms with Gasteiger partial charge in [-0.2, -0.15) is 0 Å². The number of ether oxygens (including phenoxy) is 1. The van der Waals surface area contributed by atoms with Gasteiger partial charge in [0.1, 0.15) is 0 Å². The highest BCUT2D eigenvalue weighted by Gasteiger charge is 2.37. The molecule has 2 aliphatic heterocycles. The Labute approximate surface area is 146 Å². The fraction of sp³-hybridized carbons (Fsp3) is 0.500. The highest BCUT2D eigenvalue weighted by molar-refractivity contribution is 6.22. The maximum atomic E-state index is 12.6. The Morgan fingerprint density at radius 2 is 2.04 bits per heavy atom. The molecule has 0 radical (unpaired) electrons. The normalized spacial score (nSPS) is 19.4. The second-order valence-corrected chi connectivity index (χ2v) is 6.37. The molecule has 3 N–H and O–H groups in total. The molecule has 1 aromatic carbocycles. The first-order valence-electron chi connectivity index (χ1n) is 8.72. The number of hydrogen-bond acceptors (Lipinski definition) is 5. The molecule has 1 saturated heterocycles. The summed E-state index contributed by atoms with van der Waals surface area (Å²) in [5.74, 6) is -0.920. The molecular formula is C18H23N3O4. The van der Waals surface area contributed by atoms with E-state index in [1.165, 1.54) is 11.0 Å². The third kappa shape index (κ3) is 3.72. The largest absolute Gasteiger partial charge is 0.376 e. The van der Waals surface area contributed by atoms with Crippen LogP contribution in [0.1, 0.15) is 56.8 Å². The van der Waals surface area contributed by atoms with Crippen LogP contribution in [0.3, 0.4) is 0 Å². The van der Waals surface area contributed by atoms with Gasteiger partial charge >= 0.3 is 0 Å². The molecule has 0 spiro atoms. The molecule has 0 aliphatic carbocycles. The van der Waals surface area contributed by atoms with Gasteiger partial charge < -0.3 is 15.8 Å². The highest BCUT2D eigenvalue weighted by atomic mass is 16.5. The molecule has 1 fully saturated rings. The number of benzene rings is 1. The number of nitrogens with zero attached hydrogens (tertiary/aromatic N) is 1. The molecule has 2 heterocycles. The Kier molecular flexibility index (Phi) is 5.45. The zero-order valence-electron chi connectivity index (χ0n) is 14.1. The van der Waals surface area contributed by atoms with E-state index in [0.717, 1.165) is 25.7 Å². The van der Waals surface area contributed by atoms with Gasteiger partial charge in [0.15, 0.2) is 0 Å². The Bertz CT molecular complexity index is 683. The van der Waals surface area contributed by atoms with Crippen LogP contribution in [-0.4, -0.2) is 55.0 Å². The van der Waals surface area contributed by atoms with E-state index in [1.54, 1.807) is 12.1 Å². The second kappa shape index (κ2) is 7.76. The molecule has 3 rings (SSSR count). The number of fused-ring (bicyclic) bond motifs is 1. The Morgan fingerprint density at radius 1 is 1.24 bits per heavy atom.